The molecule has 166 valence electrons. The largest absolute Gasteiger partial charge is 0.492 e. The molecule has 0 bridgehead atoms. The van der Waals surface area contributed by atoms with Crippen molar-refractivity contribution in [3.8, 4) is 17.6 Å². The van der Waals surface area contributed by atoms with Crippen molar-refractivity contribution < 1.29 is 24.1 Å². The van der Waals surface area contributed by atoms with Crippen molar-refractivity contribution in [1.29, 1.82) is 0 Å². The molecule has 0 saturated carbocycles. The van der Waals surface area contributed by atoms with Gasteiger partial charge < -0.3 is 24.1 Å². The molecular formula is C22H20N2O8. The fraction of sp³-hybridized carbons (Fsp3) is 0.318. The Kier molecular flexibility index (Phi) is 6.23. The summed E-state index contributed by atoms with van der Waals surface area (Å²) >= 11 is 0. The Labute approximate surface area is 180 Å². The first-order valence-electron chi connectivity index (χ1n) is 9.90. The van der Waals surface area contributed by atoms with Gasteiger partial charge >= 0.3 is 11.3 Å². The summed E-state index contributed by atoms with van der Waals surface area (Å²) in [6.07, 6.45) is -0.863. The third-order valence-electron chi connectivity index (χ3n) is 4.98. The molecule has 0 radical (unpaired) electrons. The molecule has 3 aromatic rings. The Morgan fingerprint density at radius 2 is 2.03 bits per heavy atom. The third-order valence-corrected chi connectivity index (χ3v) is 4.98. The first kappa shape index (κ1) is 21.6. The SMILES string of the molecule is O=c1ccc2ccc(OCCC#Cc3cn([C@H]4C[C@H](O)[C@@H](CO)O4)c(=O)[nH]c3=O)cc2o1. The zero-order valence-electron chi connectivity index (χ0n) is 16.8. The summed E-state index contributed by atoms with van der Waals surface area (Å²) < 4.78 is 17.3. The topological polar surface area (TPSA) is 144 Å². The predicted octanol–water partition coefficient (Wildman–Crippen LogP) is 0.104. The smallest absolute Gasteiger partial charge is 0.336 e. The maximum atomic E-state index is 12.1. The number of rotatable bonds is 5. The van der Waals surface area contributed by atoms with Gasteiger partial charge in [0, 0.05) is 36.6 Å². The molecule has 0 amide bonds. The molecule has 2 aromatic heterocycles. The van der Waals surface area contributed by atoms with E-state index in [2.05, 4.69) is 16.8 Å². The highest BCUT2D eigenvalue weighted by Crippen LogP contribution is 2.27. The van der Waals surface area contributed by atoms with E-state index in [0.717, 1.165) is 9.95 Å². The highest BCUT2D eigenvalue weighted by Gasteiger charge is 2.35. The summed E-state index contributed by atoms with van der Waals surface area (Å²) in [6.45, 7) is -0.158. The molecule has 3 atom stereocenters. The van der Waals surface area contributed by atoms with Crippen LogP contribution in [0, 0.1) is 11.8 Å². The average molecular weight is 440 g/mol. The molecule has 1 aliphatic rings. The second kappa shape index (κ2) is 9.23. The van der Waals surface area contributed by atoms with Crippen LogP contribution in [0.25, 0.3) is 11.0 Å². The number of aromatic amines is 1. The molecular weight excluding hydrogens is 420 g/mol. The van der Waals surface area contributed by atoms with E-state index in [1.807, 2.05) is 0 Å². The summed E-state index contributed by atoms with van der Waals surface area (Å²) in [7, 11) is 0. The first-order valence-corrected chi connectivity index (χ1v) is 9.90. The minimum atomic E-state index is -0.918. The number of aliphatic hydroxyl groups is 2. The van der Waals surface area contributed by atoms with Gasteiger partial charge in [-0.25, -0.2) is 9.59 Å². The Balaban J connectivity index is 1.42. The van der Waals surface area contributed by atoms with Gasteiger partial charge in [0.2, 0.25) is 0 Å². The monoisotopic (exact) mass is 440 g/mol. The highest BCUT2D eigenvalue weighted by atomic mass is 16.5. The zero-order valence-corrected chi connectivity index (χ0v) is 16.8. The van der Waals surface area contributed by atoms with Crippen molar-refractivity contribution in [3.05, 3.63) is 73.4 Å². The Bertz CT molecular complexity index is 1360. The lowest BCUT2D eigenvalue weighted by Crippen LogP contribution is -2.33. The quantitative estimate of drug-likeness (QED) is 0.288. The zero-order chi connectivity index (χ0) is 22.7. The van der Waals surface area contributed by atoms with Gasteiger partial charge in [-0.3, -0.25) is 14.3 Å². The molecule has 3 N–H and O–H groups in total. The van der Waals surface area contributed by atoms with Crippen LogP contribution in [-0.4, -0.2) is 45.2 Å². The maximum Gasteiger partial charge on any atom is 0.336 e. The van der Waals surface area contributed by atoms with Crippen LogP contribution in [0.15, 0.2) is 55.3 Å². The van der Waals surface area contributed by atoms with Crippen LogP contribution in [0.1, 0.15) is 24.6 Å². The van der Waals surface area contributed by atoms with E-state index in [-0.39, 0.29) is 25.2 Å². The summed E-state index contributed by atoms with van der Waals surface area (Å²) in [5.41, 5.74) is -1.30. The van der Waals surface area contributed by atoms with Crippen LogP contribution >= 0.6 is 0 Å². The predicted molar refractivity (Wildman–Crippen MR) is 112 cm³/mol. The molecule has 1 aromatic carbocycles. The number of nitrogens with zero attached hydrogens (tertiary/aromatic N) is 1. The maximum absolute atomic E-state index is 12.1. The van der Waals surface area contributed by atoms with Gasteiger partial charge in [0.25, 0.3) is 5.56 Å². The van der Waals surface area contributed by atoms with Crippen LogP contribution < -0.4 is 21.6 Å². The van der Waals surface area contributed by atoms with E-state index in [0.29, 0.717) is 17.8 Å². The fourth-order valence-corrected chi connectivity index (χ4v) is 3.35. The lowest BCUT2D eigenvalue weighted by atomic mass is 10.2. The van der Waals surface area contributed by atoms with E-state index in [9.17, 15) is 24.6 Å². The van der Waals surface area contributed by atoms with Gasteiger partial charge in [-0.2, -0.15) is 0 Å². The summed E-state index contributed by atoms with van der Waals surface area (Å²) in [5, 5.41) is 19.8. The van der Waals surface area contributed by atoms with Gasteiger partial charge in [-0.05, 0) is 18.2 Å². The molecule has 1 fully saturated rings. The highest BCUT2D eigenvalue weighted by molar-refractivity contribution is 5.77. The second-order valence-corrected chi connectivity index (χ2v) is 7.18. The van der Waals surface area contributed by atoms with Crippen molar-refractivity contribution in [2.24, 2.45) is 0 Å². The van der Waals surface area contributed by atoms with E-state index in [1.165, 1.54) is 12.3 Å². The standard InChI is InChI=1S/C22H20N2O8/c25-12-18-16(26)10-19(31-18)24-11-14(21(28)23-22(24)29)3-1-2-8-30-15-6-4-13-5-7-20(27)32-17(13)9-15/h4-7,9,11,16,18-19,25-26H,2,8,10,12H2,(H,23,28,29)/t16-,18+,19+/m0/s1. The van der Waals surface area contributed by atoms with Crippen LogP contribution in [-0.2, 0) is 4.74 Å². The van der Waals surface area contributed by atoms with Crippen LogP contribution in [0.4, 0.5) is 0 Å². The Morgan fingerprint density at radius 1 is 1.22 bits per heavy atom. The Morgan fingerprint density at radius 3 is 2.81 bits per heavy atom. The molecule has 1 saturated heterocycles. The molecule has 0 aliphatic carbocycles. The first-order chi connectivity index (χ1) is 15.4. The van der Waals surface area contributed by atoms with Crippen LogP contribution in [0.3, 0.4) is 0 Å². The van der Waals surface area contributed by atoms with Crippen LogP contribution in [0.2, 0.25) is 0 Å². The van der Waals surface area contributed by atoms with Crippen molar-refractivity contribution in [1.82, 2.24) is 9.55 Å². The number of hydrogen-bond acceptors (Lipinski definition) is 8. The van der Waals surface area contributed by atoms with Gasteiger partial charge in [0.1, 0.15) is 29.2 Å². The number of hydrogen-bond donors (Lipinski definition) is 3. The molecule has 0 spiro atoms. The van der Waals surface area contributed by atoms with Crippen molar-refractivity contribution in [3.63, 3.8) is 0 Å². The van der Waals surface area contributed by atoms with Gasteiger partial charge in [-0.1, -0.05) is 11.8 Å². The summed E-state index contributed by atoms with van der Waals surface area (Å²) in [4.78, 5) is 37.7. The lowest BCUT2D eigenvalue weighted by molar-refractivity contribution is -0.0459. The number of nitrogens with one attached hydrogen (secondary N) is 1. The number of benzene rings is 1. The van der Waals surface area contributed by atoms with Crippen molar-refractivity contribution in [2.75, 3.05) is 13.2 Å². The average Bonchev–Trinajstić information content (AvgIpc) is 3.14. The number of aromatic nitrogens is 2. The van der Waals surface area contributed by atoms with Gasteiger partial charge in [-0.15, -0.1) is 0 Å². The van der Waals surface area contributed by atoms with Crippen LogP contribution in [0.5, 0.6) is 5.75 Å². The van der Waals surface area contributed by atoms with E-state index in [1.54, 1.807) is 24.3 Å². The molecule has 10 heteroatoms. The number of aliphatic hydroxyl groups excluding tert-OH is 2. The summed E-state index contributed by atoms with van der Waals surface area (Å²) in [5.74, 6) is 6.02. The molecule has 0 unspecified atom stereocenters. The normalized spacial score (nSPS) is 20.1. The van der Waals surface area contributed by atoms with Crippen molar-refractivity contribution >= 4 is 11.0 Å². The molecule has 4 rings (SSSR count). The summed E-state index contributed by atoms with van der Waals surface area (Å²) in [6, 6.07) is 8.13. The van der Waals surface area contributed by atoms with E-state index >= 15 is 0 Å². The fourth-order valence-electron chi connectivity index (χ4n) is 3.35. The number of H-pyrrole nitrogens is 1. The molecule has 10 nitrogen and oxygen atoms in total. The lowest BCUT2D eigenvalue weighted by Gasteiger charge is -2.14. The minimum absolute atomic E-state index is 0.0580. The van der Waals surface area contributed by atoms with Gasteiger partial charge in [0.15, 0.2) is 0 Å². The minimum Gasteiger partial charge on any atom is -0.492 e. The van der Waals surface area contributed by atoms with E-state index in [4.69, 9.17) is 13.9 Å². The molecule has 32 heavy (non-hydrogen) atoms. The van der Waals surface area contributed by atoms with Gasteiger partial charge in [0.05, 0.1) is 19.3 Å². The van der Waals surface area contributed by atoms with E-state index < -0.39 is 35.3 Å². The molecule has 3 heterocycles. The Hall–Kier alpha value is -3.65. The molecule has 1 aliphatic heterocycles. The number of ether oxygens (including phenoxy) is 2. The number of fused-ring (bicyclic) bond motifs is 1. The van der Waals surface area contributed by atoms with Crippen molar-refractivity contribution in [2.45, 2.75) is 31.3 Å². The second-order valence-electron chi connectivity index (χ2n) is 7.18. The third kappa shape index (κ3) is 4.65.